The maximum atomic E-state index is 11.9. The average molecular weight is 354 g/mol. The van der Waals surface area contributed by atoms with Gasteiger partial charge in [0, 0.05) is 25.1 Å². The maximum Gasteiger partial charge on any atom is 0.300 e. The molecule has 0 radical (unpaired) electrons. The number of carbonyl (C=O) groups is 1. The molecule has 1 aromatic heterocycles. The number of sulfonamides is 1. The minimum Gasteiger partial charge on any atom is -0.353 e. The number of hydrogen-bond donors (Lipinski definition) is 2. The van der Waals surface area contributed by atoms with E-state index in [1.165, 1.54) is 0 Å². The first kappa shape index (κ1) is 16.1. The molecule has 1 saturated carbocycles. The summed E-state index contributed by atoms with van der Waals surface area (Å²) in [7, 11) is -3.90. The first-order valence-electron chi connectivity index (χ1n) is 6.02. The topological polar surface area (TPSA) is 118 Å². The molecular formula is C10H12ClN3O5S2. The second-order valence-corrected chi connectivity index (χ2v) is 8.12. The van der Waals surface area contributed by atoms with Crippen LogP contribution in [-0.4, -0.2) is 31.8 Å². The lowest BCUT2D eigenvalue weighted by atomic mass is 10.4. The summed E-state index contributed by atoms with van der Waals surface area (Å²) in [5.41, 5.74) is -0.450. The van der Waals surface area contributed by atoms with Gasteiger partial charge >= 0.3 is 0 Å². The third-order valence-corrected chi connectivity index (χ3v) is 5.97. The Morgan fingerprint density at radius 1 is 1.52 bits per heavy atom. The number of amides is 1. The van der Waals surface area contributed by atoms with E-state index in [9.17, 15) is 23.3 Å². The SMILES string of the molecule is O=C(CCNS(=O)(=O)c1cc([N+](=O)[O-])c(Cl)s1)NC1CC1. The van der Waals surface area contributed by atoms with Gasteiger partial charge in [0.2, 0.25) is 15.9 Å². The number of halogens is 1. The summed E-state index contributed by atoms with van der Waals surface area (Å²) < 4.78 is 25.6. The van der Waals surface area contributed by atoms with E-state index < -0.39 is 20.6 Å². The summed E-state index contributed by atoms with van der Waals surface area (Å²) >= 11 is 6.22. The van der Waals surface area contributed by atoms with Gasteiger partial charge in [-0.05, 0) is 12.8 Å². The van der Waals surface area contributed by atoms with Crippen LogP contribution in [0.25, 0.3) is 0 Å². The number of rotatable bonds is 7. The van der Waals surface area contributed by atoms with Crippen molar-refractivity contribution in [1.82, 2.24) is 10.0 Å². The van der Waals surface area contributed by atoms with Crippen molar-refractivity contribution in [2.24, 2.45) is 0 Å². The molecule has 0 aliphatic heterocycles. The average Bonchev–Trinajstić information content (AvgIpc) is 3.07. The van der Waals surface area contributed by atoms with Crippen LogP contribution in [0.15, 0.2) is 10.3 Å². The van der Waals surface area contributed by atoms with Crippen LogP contribution in [0.3, 0.4) is 0 Å². The molecule has 1 fully saturated rings. The zero-order chi connectivity index (χ0) is 15.6. The molecule has 1 aliphatic rings. The molecule has 0 atom stereocenters. The van der Waals surface area contributed by atoms with Gasteiger partial charge < -0.3 is 5.32 Å². The van der Waals surface area contributed by atoms with Crippen molar-refractivity contribution < 1.29 is 18.1 Å². The first-order valence-corrected chi connectivity index (χ1v) is 8.70. The van der Waals surface area contributed by atoms with Gasteiger partial charge in [-0.3, -0.25) is 14.9 Å². The van der Waals surface area contributed by atoms with E-state index in [1.54, 1.807) is 0 Å². The molecule has 11 heteroatoms. The van der Waals surface area contributed by atoms with Gasteiger partial charge in [0.05, 0.1) is 4.92 Å². The molecule has 21 heavy (non-hydrogen) atoms. The molecular weight excluding hydrogens is 342 g/mol. The first-order chi connectivity index (χ1) is 9.79. The maximum absolute atomic E-state index is 11.9. The second kappa shape index (κ2) is 6.26. The molecule has 8 nitrogen and oxygen atoms in total. The van der Waals surface area contributed by atoms with Crippen molar-refractivity contribution in [1.29, 1.82) is 0 Å². The van der Waals surface area contributed by atoms with E-state index in [0.29, 0.717) is 11.3 Å². The highest BCUT2D eigenvalue weighted by atomic mass is 35.5. The fourth-order valence-corrected chi connectivity index (χ4v) is 4.23. The number of hydrogen-bond acceptors (Lipinski definition) is 6. The Morgan fingerprint density at radius 3 is 2.71 bits per heavy atom. The highest BCUT2D eigenvalue weighted by Crippen LogP contribution is 2.36. The third kappa shape index (κ3) is 4.37. The monoisotopic (exact) mass is 353 g/mol. The van der Waals surface area contributed by atoms with Gasteiger partial charge in [0.25, 0.3) is 5.69 Å². The summed E-state index contributed by atoms with van der Waals surface area (Å²) in [4.78, 5) is 21.3. The molecule has 1 aliphatic carbocycles. The summed E-state index contributed by atoms with van der Waals surface area (Å²) in [6.07, 6.45) is 1.92. The van der Waals surface area contributed by atoms with Crippen LogP contribution in [0.5, 0.6) is 0 Å². The Hall–Kier alpha value is -1.23. The van der Waals surface area contributed by atoms with Crippen LogP contribution in [0.1, 0.15) is 19.3 Å². The largest absolute Gasteiger partial charge is 0.353 e. The van der Waals surface area contributed by atoms with Crippen LogP contribution >= 0.6 is 22.9 Å². The van der Waals surface area contributed by atoms with E-state index in [2.05, 4.69) is 10.0 Å². The number of nitro groups is 1. The summed E-state index contributed by atoms with van der Waals surface area (Å²) in [5, 5.41) is 13.4. The zero-order valence-electron chi connectivity index (χ0n) is 10.7. The van der Waals surface area contributed by atoms with Crippen molar-refractivity contribution in [3.63, 3.8) is 0 Å². The molecule has 116 valence electrons. The number of nitrogens with zero attached hydrogens (tertiary/aromatic N) is 1. The number of nitrogens with one attached hydrogen (secondary N) is 2. The molecule has 0 aromatic carbocycles. The summed E-state index contributed by atoms with van der Waals surface area (Å²) in [6.45, 7) is -0.0792. The lowest BCUT2D eigenvalue weighted by Crippen LogP contribution is -2.31. The van der Waals surface area contributed by atoms with E-state index in [4.69, 9.17) is 11.6 Å². The Balaban J connectivity index is 1.93. The third-order valence-electron chi connectivity index (χ3n) is 2.69. The van der Waals surface area contributed by atoms with Crippen LogP contribution < -0.4 is 10.0 Å². The highest BCUT2D eigenvalue weighted by Gasteiger charge is 2.26. The van der Waals surface area contributed by atoms with Crippen molar-refractivity contribution in [3.05, 3.63) is 20.5 Å². The molecule has 1 heterocycles. The van der Waals surface area contributed by atoms with E-state index in [0.717, 1.165) is 18.9 Å². The van der Waals surface area contributed by atoms with E-state index in [-0.39, 0.29) is 33.5 Å². The Labute approximate surface area is 129 Å². The molecule has 2 rings (SSSR count). The number of carbonyl (C=O) groups excluding carboxylic acids is 1. The van der Waals surface area contributed by atoms with E-state index in [1.807, 2.05) is 0 Å². The van der Waals surface area contributed by atoms with Crippen molar-refractivity contribution in [2.75, 3.05) is 6.54 Å². The molecule has 1 amide bonds. The minimum absolute atomic E-state index is 0.0108. The molecule has 1 aromatic rings. The van der Waals surface area contributed by atoms with Gasteiger partial charge in [-0.15, -0.1) is 11.3 Å². The fraction of sp³-hybridized carbons (Fsp3) is 0.500. The standard InChI is InChI=1S/C10H12ClN3O5S2/c11-10-7(14(16)17)5-9(20-10)21(18,19)12-4-3-8(15)13-6-1-2-6/h5-6,12H,1-4H2,(H,13,15). The Bertz CT molecular complexity index is 668. The molecule has 0 spiro atoms. The van der Waals surface area contributed by atoms with Gasteiger partial charge in [-0.25, -0.2) is 13.1 Å². The minimum atomic E-state index is -3.90. The van der Waals surface area contributed by atoms with E-state index >= 15 is 0 Å². The van der Waals surface area contributed by atoms with Crippen LogP contribution in [0.4, 0.5) is 5.69 Å². The van der Waals surface area contributed by atoms with Gasteiger partial charge in [0.1, 0.15) is 4.21 Å². The van der Waals surface area contributed by atoms with Crippen molar-refractivity contribution >= 4 is 44.6 Å². The quantitative estimate of drug-likeness (QED) is 0.565. The smallest absolute Gasteiger partial charge is 0.300 e. The predicted molar refractivity (Wildman–Crippen MR) is 77.0 cm³/mol. The second-order valence-electron chi connectivity index (χ2n) is 4.47. The van der Waals surface area contributed by atoms with Crippen molar-refractivity contribution in [3.8, 4) is 0 Å². The van der Waals surface area contributed by atoms with Gasteiger partial charge in [-0.2, -0.15) is 0 Å². The lowest BCUT2D eigenvalue weighted by molar-refractivity contribution is -0.384. The Kier molecular flexibility index (Phi) is 4.81. The predicted octanol–water partition coefficient (Wildman–Crippen LogP) is 1.26. The summed E-state index contributed by atoms with van der Waals surface area (Å²) in [5.74, 6) is -0.226. The van der Waals surface area contributed by atoms with Gasteiger partial charge in [0.15, 0.2) is 4.34 Å². The highest BCUT2D eigenvalue weighted by molar-refractivity contribution is 7.91. The van der Waals surface area contributed by atoms with Crippen LogP contribution in [0.2, 0.25) is 4.34 Å². The molecule has 2 N–H and O–H groups in total. The Morgan fingerprint density at radius 2 is 2.19 bits per heavy atom. The van der Waals surface area contributed by atoms with Gasteiger partial charge in [-0.1, -0.05) is 11.6 Å². The zero-order valence-corrected chi connectivity index (χ0v) is 13.1. The number of thiophene rings is 1. The molecule has 0 saturated heterocycles. The van der Waals surface area contributed by atoms with Crippen molar-refractivity contribution in [2.45, 2.75) is 29.5 Å². The molecule has 0 bridgehead atoms. The fourth-order valence-electron chi connectivity index (χ4n) is 1.49. The lowest BCUT2D eigenvalue weighted by Gasteiger charge is -2.05. The summed E-state index contributed by atoms with van der Waals surface area (Å²) in [6, 6.07) is 1.12. The van der Waals surface area contributed by atoms with Crippen LogP contribution in [-0.2, 0) is 14.8 Å². The normalized spacial score (nSPS) is 14.9. The van der Waals surface area contributed by atoms with Crippen LogP contribution in [0, 0.1) is 10.1 Å². The molecule has 0 unspecified atom stereocenters.